The third-order valence-corrected chi connectivity index (χ3v) is 1.46. The Balaban J connectivity index is 4.42. The maximum Gasteiger partial charge on any atom is 0.139 e. The molecule has 0 aliphatic carbocycles. The molecule has 0 spiro atoms. The van der Waals surface area contributed by atoms with Gasteiger partial charge in [0.05, 0.1) is 5.03 Å². The van der Waals surface area contributed by atoms with Crippen molar-refractivity contribution in [3.8, 4) is 0 Å². The largest absolute Gasteiger partial charge is 0.401 e. The van der Waals surface area contributed by atoms with E-state index in [9.17, 15) is 0 Å². The third-order valence-electron chi connectivity index (χ3n) is 1.05. The molecule has 0 aromatic rings. The van der Waals surface area contributed by atoms with Gasteiger partial charge in [0.2, 0.25) is 0 Å². The first kappa shape index (κ1) is 9.37. The van der Waals surface area contributed by atoms with Crippen molar-refractivity contribution >= 4 is 19.4 Å². The van der Waals surface area contributed by atoms with Gasteiger partial charge in [-0.1, -0.05) is 29.7 Å². The van der Waals surface area contributed by atoms with Crippen LogP contribution in [-0.2, 0) is 0 Å². The van der Waals surface area contributed by atoms with Gasteiger partial charge in [-0.25, -0.2) is 0 Å². The fraction of sp³-hybridized carbons (Fsp3) is 0.143. The van der Waals surface area contributed by atoms with Gasteiger partial charge in [0, 0.05) is 5.70 Å². The molecule has 1 nitrogen and oxygen atoms in total. The molecule has 0 aliphatic rings. The van der Waals surface area contributed by atoms with Gasteiger partial charge in [0.1, 0.15) is 7.85 Å². The molecule has 0 heterocycles. The summed E-state index contributed by atoms with van der Waals surface area (Å²) in [7, 11) is 1.92. The first-order valence-corrected chi connectivity index (χ1v) is 3.38. The highest BCUT2D eigenvalue weighted by Crippen LogP contribution is 2.08. The van der Waals surface area contributed by atoms with Gasteiger partial charge in [-0.2, -0.15) is 0 Å². The summed E-state index contributed by atoms with van der Waals surface area (Å²) in [4.78, 5) is 0. The van der Waals surface area contributed by atoms with Gasteiger partial charge in [-0.3, -0.25) is 0 Å². The van der Waals surface area contributed by atoms with Crippen molar-refractivity contribution in [2.24, 2.45) is 5.73 Å². The lowest BCUT2D eigenvalue weighted by atomic mass is 9.95. The van der Waals surface area contributed by atoms with E-state index in [2.05, 4.69) is 6.58 Å². The zero-order valence-electron chi connectivity index (χ0n) is 6.32. The quantitative estimate of drug-likeness (QED) is 0.469. The summed E-state index contributed by atoms with van der Waals surface area (Å²) in [5.74, 6) is 0. The Morgan fingerprint density at radius 3 is 2.50 bits per heavy atom. The van der Waals surface area contributed by atoms with Crippen molar-refractivity contribution in [1.82, 2.24) is 0 Å². The van der Waals surface area contributed by atoms with Crippen LogP contribution in [0.5, 0.6) is 0 Å². The summed E-state index contributed by atoms with van der Waals surface area (Å²) in [6.45, 7) is 5.34. The number of hydrogen-bond donors (Lipinski definition) is 1. The van der Waals surface area contributed by atoms with Crippen LogP contribution in [-0.4, -0.2) is 7.85 Å². The molecule has 0 amide bonds. The predicted octanol–water partition coefficient (Wildman–Crippen LogP) is 1.12. The maximum absolute atomic E-state index is 5.72. The first-order valence-electron chi connectivity index (χ1n) is 3.00. The minimum atomic E-state index is 0.581. The van der Waals surface area contributed by atoms with E-state index in [0.29, 0.717) is 10.7 Å². The molecule has 54 valence electrons. The fourth-order valence-electron chi connectivity index (χ4n) is 0.373. The standard InChI is InChI=1S/C7H11BClN/c1-3-6(8)4-7(9)5(2)10/h3-4H,1,8,10H2,2H3/b6-4+,7-5-. The molecule has 0 saturated heterocycles. The van der Waals surface area contributed by atoms with Gasteiger partial charge >= 0.3 is 0 Å². The highest BCUT2D eigenvalue weighted by Gasteiger charge is 1.89. The molecule has 3 heteroatoms. The average Bonchev–Trinajstić information content (AvgIpc) is 1.87. The maximum atomic E-state index is 5.72. The van der Waals surface area contributed by atoms with Crippen LogP contribution in [0.2, 0.25) is 0 Å². The van der Waals surface area contributed by atoms with E-state index in [0.717, 1.165) is 5.47 Å². The molecule has 2 N–H and O–H groups in total. The fourth-order valence-corrected chi connectivity index (χ4v) is 0.545. The van der Waals surface area contributed by atoms with E-state index in [1.807, 2.05) is 7.85 Å². The lowest BCUT2D eigenvalue weighted by molar-refractivity contribution is 1.30. The van der Waals surface area contributed by atoms with Crippen molar-refractivity contribution in [2.45, 2.75) is 6.92 Å². The van der Waals surface area contributed by atoms with Crippen LogP contribution in [0.4, 0.5) is 0 Å². The molecule has 0 atom stereocenters. The Morgan fingerprint density at radius 1 is 1.70 bits per heavy atom. The summed E-state index contributed by atoms with van der Waals surface area (Å²) in [6.07, 6.45) is 3.51. The number of halogens is 1. The van der Waals surface area contributed by atoms with E-state index in [1.54, 1.807) is 19.1 Å². The molecule has 0 aromatic carbocycles. The van der Waals surface area contributed by atoms with Crippen LogP contribution in [0, 0.1) is 0 Å². The van der Waals surface area contributed by atoms with Gasteiger partial charge in [0.25, 0.3) is 0 Å². The average molecular weight is 155 g/mol. The van der Waals surface area contributed by atoms with Crippen LogP contribution < -0.4 is 5.73 Å². The van der Waals surface area contributed by atoms with E-state index in [-0.39, 0.29) is 0 Å². The Kier molecular flexibility index (Phi) is 3.97. The third kappa shape index (κ3) is 3.41. The monoisotopic (exact) mass is 155 g/mol. The molecule has 0 aromatic heterocycles. The molecular weight excluding hydrogens is 144 g/mol. The minimum Gasteiger partial charge on any atom is -0.401 e. The van der Waals surface area contributed by atoms with Crippen molar-refractivity contribution in [3.63, 3.8) is 0 Å². The van der Waals surface area contributed by atoms with Crippen LogP contribution >= 0.6 is 11.6 Å². The van der Waals surface area contributed by atoms with E-state index in [1.165, 1.54) is 0 Å². The smallest absolute Gasteiger partial charge is 0.139 e. The van der Waals surface area contributed by atoms with Crippen molar-refractivity contribution in [1.29, 1.82) is 0 Å². The molecule has 0 rings (SSSR count). The Hall–Kier alpha value is -0.625. The summed E-state index contributed by atoms with van der Waals surface area (Å²) < 4.78 is 0. The second-order valence-electron chi connectivity index (χ2n) is 2.12. The van der Waals surface area contributed by atoms with Gasteiger partial charge in [-0.15, -0.1) is 0 Å². The molecule has 0 fully saturated rings. The van der Waals surface area contributed by atoms with Crippen molar-refractivity contribution in [3.05, 3.63) is 34.9 Å². The highest BCUT2D eigenvalue weighted by molar-refractivity contribution is 6.33. The van der Waals surface area contributed by atoms with Crippen LogP contribution in [0.1, 0.15) is 6.92 Å². The molecule has 0 aliphatic heterocycles. The van der Waals surface area contributed by atoms with Crippen molar-refractivity contribution < 1.29 is 0 Å². The van der Waals surface area contributed by atoms with Gasteiger partial charge in [0.15, 0.2) is 0 Å². The normalized spacial score (nSPS) is 14.4. The summed E-state index contributed by atoms with van der Waals surface area (Å²) in [6, 6.07) is 0. The molecule has 10 heavy (non-hydrogen) atoms. The lowest BCUT2D eigenvalue weighted by Gasteiger charge is -1.94. The molecule has 0 bridgehead atoms. The number of rotatable bonds is 2. The van der Waals surface area contributed by atoms with Gasteiger partial charge in [-0.05, 0) is 13.0 Å². The Bertz CT molecular complexity index is 190. The second-order valence-corrected chi connectivity index (χ2v) is 2.53. The minimum absolute atomic E-state index is 0.581. The number of allylic oxidation sites excluding steroid dienone is 5. The van der Waals surface area contributed by atoms with E-state index < -0.39 is 0 Å². The van der Waals surface area contributed by atoms with Crippen LogP contribution in [0.25, 0.3) is 0 Å². The zero-order chi connectivity index (χ0) is 8.15. The molecule has 0 unspecified atom stereocenters. The molecule has 0 radical (unpaired) electrons. The summed E-state index contributed by atoms with van der Waals surface area (Å²) >= 11 is 5.72. The zero-order valence-corrected chi connectivity index (χ0v) is 7.07. The lowest BCUT2D eigenvalue weighted by Crippen LogP contribution is -1.92. The number of hydrogen-bond acceptors (Lipinski definition) is 1. The van der Waals surface area contributed by atoms with Crippen molar-refractivity contribution in [2.75, 3.05) is 0 Å². The number of nitrogens with two attached hydrogens (primary N) is 1. The van der Waals surface area contributed by atoms with E-state index >= 15 is 0 Å². The van der Waals surface area contributed by atoms with Crippen LogP contribution in [0.3, 0.4) is 0 Å². The predicted molar refractivity (Wildman–Crippen MR) is 49.6 cm³/mol. The molecular formula is C7H11BClN. The Morgan fingerprint density at radius 2 is 2.20 bits per heavy atom. The van der Waals surface area contributed by atoms with E-state index in [4.69, 9.17) is 17.3 Å². The second kappa shape index (κ2) is 4.23. The SMILES string of the molecule is B/C(C=C)=C/C(Cl)=C(\C)N. The van der Waals surface area contributed by atoms with Crippen LogP contribution in [0.15, 0.2) is 34.9 Å². The Labute approximate surface area is 67.7 Å². The summed E-state index contributed by atoms with van der Waals surface area (Å²) in [5.41, 5.74) is 7.04. The first-order chi connectivity index (χ1) is 4.57. The highest BCUT2D eigenvalue weighted by atomic mass is 35.5. The topological polar surface area (TPSA) is 26.0 Å². The van der Waals surface area contributed by atoms with Gasteiger partial charge < -0.3 is 5.73 Å². The molecule has 0 saturated carbocycles. The summed E-state index contributed by atoms with van der Waals surface area (Å²) in [5, 5.41) is 0.581.